The van der Waals surface area contributed by atoms with Gasteiger partial charge in [0.05, 0.1) is 17.7 Å². The molecule has 0 saturated carbocycles. The number of halogens is 3. The lowest BCUT2D eigenvalue weighted by Gasteiger charge is -2.36. The lowest BCUT2D eigenvalue weighted by Crippen LogP contribution is -2.49. The van der Waals surface area contributed by atoms with Gasteiger partial charge >= 0.3 is 6.18 Å². The van der Waals surface area contributed by atoms with Crippen LogP contribution in [0.25, 0.3) is 0 Å². The topological polar surface area (TPSA) is 94.6 Å². The largest absolute Gasteiger partial charge is 0.416 e. The molecule has 2 fully saturated rings. The number of alkyl halides is 3. The van der Waals surface area contributed by atoms with Crippen LogP contribution in [0.15, 0.2) is 29.6 Å². The first-order valence-corrected chi connectivity index (χ1v) is 11.3. The summed E-state index contributed by atoms with van der Waals surface area (Å²) in [6.45, 7) is 1.64. The maximum Gasteiger partial charge on any atom is 0.416 e. The minimum absolute atomic E-state index is 0.0656. The lowest BCUT2D eigenvalue weighted by atomic mass is 10.1. The van der Waals surface area contributed by atoms with Gasteiger partial charge < -0.3 is 20.4 Å². The second-order valence-corrected chi connectivity index (χ2v) is 8.74. The Hall–Kier alpha value is -3.15. The smallest absolute Gasteiger partial charge is 0.368 e. The Kier molecular flexibility index (Phi) is 6.54. The van der Waals surface area contributed by atoms with Crippen LogP contribution < -0.4 is 15.5 Å². The fraction of sp³-hybridized carbons (Fsp3) is 0.429. The predicted molar refractivity (Wildman–Crippen MR) is 116 cm³/mol. The Morgan fingerprint density at radius 3 is 2.64 bits per heavy atom. The molecule has 12 heteroatoms. The molecular formula is C21H22F3N5O3S. The van der Waals surface area contributed by atoms with E-state index in [1.54, 1.807) is 16.3 Å². The molecule has 1 aromatic heterocycles. The highest BCUT2D eigenvalue weighted by Gasteiger charge is 2.31. The van der Waals surface area contributed by atoms with Gasteiger partial charge in [0.2, 0.25) is 17.7 Å². The lowest BCUT2D eigenvalue weighted by molar-refractivity contribution is -0.137. The van der Waals surface area contributed by atoms with Crippen LogP contribution in [0.5, 0.6) is 0 Å². The van der Waals surface area contributed by atoms with Gasteiger partial charge in [0, 0.05) is 43.7 Å². The first-order chi connectivity index (χ1) is 15.7. The number of carbonyl (C=O) groups excluding carboxylic acids is 3. The van der Waals surface area contributed by atoms with Crippen LogP contribution in [-0.2, 0) is 27.0 Å². The predicted octanol–water partition coefficient (Wildman–Crippen LogP) is 2.27. The number of aromatic nitrogens is 1. The number of nitrogens with one attached hydrogen (secondary N) is 2. The quantitative estimate of drug-likeness (QED) is 0.684. The second-order valence-electron chi connectivity index (χ2n) is 7.88. The van der Waals surface area contributed by atoms with E-state index >= 15 is 0 Å². The van der Waals surface area contributed by atoms with E-state index < -0.39 is 17.8 Å². The van der Waals surface area contributed by atoms with Crippen LogP contribution in [0.1, 0.15) is 24.1 Å². The highest BCUT2D eigenvalue weighted by atomic mass is 32.1. The van der Waals surface area contributed by atoms with Crippen LogP contribution >= 0.6 is 11.3 Å². The van der Waals surface area contributed by atoms with Gasteiger partial charge in [-0.1, -0.05) is 6.07 Å². The van der Waals surface area contributed by atoms with E-state index in [-0.39, 0.29) is 24.1 Å². The molecule has 2 aliphatic rings. The summed E-state index contributed by atoms with van der Waals surface area (Å²) in [5.41, 5.74) is 0.312. The zero-order valence-corrected chi connectivity index (χ0v) is 18.3. The molecule has 176 valence electrons. The van der Waals surface area contributed by atoms with Crippen molar-refractivity contribution < 1.29 is 27.6 Å². The summed E-state index contributed by atoms with van der Waals surface area (Å²) in [7, 11) is 0. The number of piperazine rings is 1. The summed E-state index contributed by atoms with van der Waals surface area (Å²) in [6.07, 6.45) is -3.58. The van der Waals surface area contributed by atoms with Gasteiger partial charge in [0.25, 0.3) is 0 Å². The zero-order valence-electron chi connectivity index (χ0n) is 17.5. The number of benzene rings is 1. The Labute approximate surface area is 191 Å². The normalized spacial score (nSPS) is 18.9. The summed E-state index contributed by atoms with van der Waals surface area (Å²) in [5, 5.41) is 7.30. The molecule has 1 unspecified atom stereocenters. The van der Waals surface area contributed by atoms with Crippen molar-refractivity contribution in [2.45, 2.75) is 31.5 Å². The SMILES string of the molecule is O=C1CCC(C(=O)Nc2nc(CC(=O)N3CCN(c4cccc(C(F)(F)F)c4)CC3)cs2)N1. The van der Waals surface area contributed by atoms with E-state index in [0.29, 0.717) is 55.5 Å². The molecule has 4 rings (SSSR count). The van der Waals surface area contributed by atoms with E-state index in [1.807, 2.05) is 4.90 Å². The Morgan fingerprint density at radius 1 is 1.21 bits per heavy atom. The fourth-order valence-electron chi connectivity index (χ4n) is 3.81. The molecule has 2 aliphatic heterocycles. The van der Waals surface area contributed by atoms with Crippen molar-refractivity contribution >= 4 is 39.9 Å². The molecule has 1 atom stereocenters. The highest BCUT2D eigenvalue weighted by Crippen LogP contribution is 2.32. The number of anilines is 2. The van der Waals surface area contributed by atoms with Gasteiger partial charge in [0.15, 0.2) is 5.13 Å². The van der Waals surface area contributed by atoms with Crippen molar-refractivity contribution in [3.63, 3.8) is 0 Å². The van der Waals surface area contributed by atoms with E-state index in [0.717, 1.165) is 12.1 Å². The van der Waals surface area contributed by atoms with Crippen LogP contribution in [0.2, 0.25) is 0 Å². The van der Waals surface area contributed by atoms with Gasteiger partial charge in [-0.2, -0.15) is 13.2 Å². The van der Waals surface area contributed by atoms with Gasteiger partial charge in [0.1, 0.15) is 6.04 Å². The number of hydrogen-bond acceptors (Lipinski definition) is 6. The molecule has 0 spiro atoms. The minimum atomic E-state index is -4.40. The van der Waals surface area contributed by atoms with Crippen molar-refractivity contribution in [2.75, 3.05) is 36.4 Å². The van der Waals surface area contributed by atoms with E-state index in [2.05, 4.69) is 15.6 Å². The third-order valence-corrected chi connectivity index (χ3v) is 6.40. The maximum absolute atomic E-state index is 13.0. The van der Waals surface area contributed by atoms with E-state index in [1.165, 1.54) is 17.4 Å². The number of thiazole rings is 1. The Morgan fingerprint density at radius 2 is 1.97 bits per heavy atom. The standard InChI is InChI=1S/C21H22F3N5O3S/c22-21(23,24)13-2-1-3-15(10-13)28-6-8-29(9-7-28)18(31)11-14-12-33-20(25-14)27-19(32)16-4-5-17(30)26-16/h1-3,10,12,16H,4-9,11H2,(H,26,30)(H,25,27,32). The van der Waals surface area contributed by atoms with Crippen LogP contribution in [-0.4, -0.2) is 59.8 Å². The molecule has 3 amide bonds. The third kappa shape index (κ3) is 5.62. The molecule has 2 aromatic rings. The number of hydrogen-bond donors (Lipinski definition) is 2. The fourth-order valence-corrected chi connectivity index (χ4v) is 4.52. The second kappa shape index (κ2) is 9.38. The van der Waals surface area contributed by atoms with Crippen LogP contribution in [0.3, 0.4) is 0 Å². The number of carbonyl (C=O) groups is 3. The maximum atomic E-state index is 13.0. The molecule has 1 aromatic carbocycles. The molecule has 0 radical (unpaired) electrons. The van der Waals surface area contributed by atoms with Crippen molar-refractivity contribution in [1.82, 2.24) is 15.2 Å². The molecule has 8 nitrogen and oxygen atoms in total. The van der Waals surface area contributed by atoms with Gasteiger partial charge in [-0.05, 0) is 24.6 Å². The number of nitrogens with zero attached hydrogens (tertiary/aromatic N) is 3. The highest BCUT2D eigenvalue weighted by molar-refractivity contribution is 7.13. The first-order valence-electron chi connectivity index (χ1n) is 10.4. The van der Waals surface area contributed by atoms with Gasteiger partial charge in [-0.3, -0.25) is 14.4 Å². The molecule has 0 aliphatic carbocycles. The van der Waals surface area contributed by atoms with Gasteiger partial charge in [-0.15, -0.1) is 11.3 Å². The number of amides is 3. The molecule has 3 heterocycles. The molecular weight excluding hydrogens is 459 g/mol. The summed E-state index contributed by atoms with van der Waals surface area (Å²) in [4.78, 5) is 43.8. The van der Waals surface area contributed by atoms with Crippen molar-refractivity contribution in [1.29, 1.82) is 0 Å². The summed E-state index contributed by atoms with van der Waals surface area (Å²) in [5.74, 6) is -0.627. The zero-order chi connectivity index (χ0) is 23.6. The van der Waals surface area contributed by atoms with Gasteiger partial charge in [-0.25, -0.2) is 4.98 Å². The number of rotatable bonds is 5. The van der Waals surface area contributed by atoms with Crippen molar-refractivity contribution in [3.8, 4) is 0 Å². The van der Waals surface area contributed by atoms with Crippen molar-refractivity contribution in [3.05, 3.63) is 40.9 Å². The van der Waals surface area contributed by atoms with E-state index in [9.17, 15) is 27.6 Å². The minimum Gasteiger partial charge on any atom is -0.368 e. The first kappa shape index (κ1) is 23.0. The molecule has 2 saturated heterocycles. The Balaban J connectivity index is 1.28. The molecule has 2 N–H and O–H groups in total. The summed E-state index contributed by atoms with van der Waals surface area (Å²) in [6, 6.07) is 4.61. The monoisotopic (exact) mass is 481 g/mol. The van der Waals surface area contributed by atoms with E-state index in [4.69, 9.17) is 0 Å². The average molecular weight is 482 g/mol. The van der Waals surface area contributed by atoms with Crippen molar-refractivity contribution in [2.24, 2.45) is 0 Å². The van der Waals surface area contributed by atoms with Crippen LogP contribution in [0.4, 0.5) is 24.0 Å². The molecule has 0 bridgehead atoms. The average Bonchev–Trinajstić information content (AvgIpc) is 3.42. The summed E-state index contributed by atoms with van der Waals surface area (Å²) < 4.78 is 38.9. The molecule has 33 heavy (non-hydrogen) atoms. The van der Waals surface area contributed by atoms with Crippen LogP contribution in [0, 0.1) is 0 Å². The Bertz CT molecular complexity index is 1050. The summed E-state index contributed by atoms with van der Waals surface area (Å²) >= 11 is 1.20. The third-order valence-electron chi connectivity index (χ3n) is 5.60.